The molecule has 1 fully saturated rings. The first kappa shape index (κ1) is 14.1. The molecule has 1 aliphatic heterocycles. The Bertz CT molecular complexity index is 385. The number of nitrogens with zero attached hydrogens (tertiary/aromatic N) is 1. The molecule has 104 valence electrons. The summed E-state index contributed by atoms with van der Waals surface area (Å²) in [4.78, 5) is 14.4. The molecule has 1 aromatic carbocycles. The molecule has 1 atom stereocenters. The van der Waals surface area contributed by atoms with Crippen LogP contribution in [0.1, 0.15) is 36.5 Å². The first-order valence-electron chi connectivity index (χ1n) is 7.31. The van der Waals surface area contributed by atoms with Crippen molar-refractivity contribution in [2.45, 2.75) is 26.2 Å². The summed E-state index contributed by atoms with van der Waals surface area (Å²) >= 11 is 0. The summed E-state index contributed by atoms with van der Waals surface area (Å²) in [5.74, 6) is 0.539. The van der Waals surface area contributed by atoms with Crippen molar-refractivity contribution >= 4 is 5.91 Å². The van der Waals surface area contributed by atoms with Gasteiger partial charge in [-0.2, -0.15) is 0 Å². The van der Waals surface area contributed by atoms with Crippen LogP contribution in [0.15, 0.2) is 30.3 Å². The monoisotopic (exact) mass is 260 g/mol. The summed E-state index contributed by atoms with van der Waals surface area (Å²) in [5, 5.41) is 3.02. The SMILES string of the molecule is CC(CNC(=O)c1ccccc1)CN1CCCCC1. The van der Waals surface area contributed by atoms with Gasteiger partial charge >= 0.3 is 0 Å². The first-order chi connectivity index (χ1) is 9.25. The van der Waals surface area contributed by atoms with Crippen LogP contribution in [-0.2, 0) is 0 Å². The van der Waals surface area contributed by atoms with Crippen LogP contribution in [0.4, 0.5) is 0 Å². The van der Waals surface area contributed by atoms with Crippen LogP contribution in [0.25, 0.3) is 0 Å². The van der Waals surface area contributed by atoms with E-state index in [2.05, 4.69) is 17.1 Å². The number of likely N-dealkylation sites (tertiary alicyclic amines) is 1. The Hall–Kier alpha value is -1.35. The van der Waals surface area contributed by atoms with Gasteiger partial charge in [0, 0.05) is 18.7 Å². The molecule has 2 rings (SSSR count). The molecule has 19 heavy (non-hydrogen) atoms. The van der Waals surface area contributed by atoms with E-state index in [0.717, 1.165) is 18.7 Å². The third-order valence-electron chi connectivity index (χ3n) is 3.67. The summed E-state index contributed by atoms with van der Waals surface area (Å²) < 4.78 is 0. The highest BCUT2D eigenvalue weighted by Crippen LogP contribution is 2.10. The predicted octanol–water partition coefficient (Wildman–Crippen LogP) is 2.54. The fourth-order valence-corrected chi connectivity index (χ4v) is 2.61. The second-order valence-corrected chi connectivity index (χ2v) is 5.54. The standard InChI is InChI=1S/C16H24N2O/c1-14(13-18-10-6-3-7-11-18)12-17-16(19)15-8-4-2-5-9-15/h2,4-5,8-9,14H,3,6-7,10-13H2,1H3,(H,17,19). The fraction of sp³-hybridized carbons (Fsp3) is 0.562. The molecule has 3 nitrogen and oxygen atoms in total. The number of piperidine rings is 1. The minimum absolute atomic E-state index is 0.0334. The van der Waals surface area contributed by atoms with E-state index in [9.17, 15) is 4.79 Å². The zero-order chi connectivity index (χ0) is 13.5. The topological polar surface area (TPSA) is 32.3 Å². The summed E-state index contributed by atoms with van der Waals surface area (Å²) in [6, 6.07) is 9.42. The number of nitrogens with one attached hydrogen (secondary N) is 1. The van der Waals surface area contributed by atoms with Crippen molar-refractivity contribution in [3.8, 4) is 0 Å². The lowest BCUT2D eigenvalue weighted by Crippen LogP contribution is -2.38. The van der Waals surface area contributed by atoms with Gasteiger partial charge < -0.3 is 10.2 Å². The van der Waals surface area contributed by atoms with Gasteiger partial charge in [-0.3, -0.25) is 4.79 Å². The molecule has 1 saturated heterocycles. The lowest BCUT2D eigenvalue weighted by molar-refractivity contribution is 0.0942. The van der Waals surface area contributed by atoms with Gasteiger partial charge in [-0.05, 0) is 44.0 Å². The maximum atomic E-state index is 11.9. The van der Waals surface area contributed by atoms with Gasteiger partial charge in [-0.1, -0.05) is 31.5 Å². The van der Waals surface area contributed by atoms with Crippen LogP contribution < -0.4 is 5.32 Å². The van der Waals surface area contributed by atoms with Crippen LogP contribution >= 0.6 is 0 Å². The number of carbonyl (C=O) groups is 1. The van der Waals surface area contributed by atoms with E-state index in [0.29, 0.717) is 5.92 Å². The number of rotatable bonds is 5. The lowest BCUT2D eigenvalue weighted by atomic mass is 10.1. The lowest BCUT2D eigenvalue weighted by Gasteiger charge is -2.29. The van der Waals surface area contributed by atoms with Crippen molar-refractivity contribution in [2.75, 3.05) is 26.2 Å². The maximum absolute atomic E-state index is 11.9. The molecule has 0 radical (unpaired) electrons. The van der Waals surface area contributed by atoms with E-state index in [1.54, 1.807) is 0 Å². The van der Waals surface area contributed by atoms with Crippen LogP contribution in [0.5, 0.6) is 0 Å². The Morgan fingerprint density at radius 3 is 2.58 bits per heavy atom. The third kappa shape index (κ3) is 4.67. The highest BCUT2D eigenvalue weighted by Gasteiger charge is 2.14. The van der Waals surface area contributed by atoms with Crippen molar-refractivity contribution in [1.29, 1.82) is 0 Å². The van der Waals surface area contributed by atoms with Crippen molar-refractivity contribution in [3.05, 3.63) is 35.9 Å². The molecule has 1 N–H and O–H groups in total. The number of carbonyl (C=O) groups excluding carboxylic acids is 1. The molecule has 0 saturated carbocycles. The van der Waals surface area contributed by atoms with Gasteiger partial charge in [-0.15, -0.1) is 0 Å². The Labute approximate surface area is 116 Å². The van der Waals surface area contributed by atoms with Gasteiger partial charge in [0.15, 0.2) is 0 Å². The molecule has 1 heterocycles. The molecule has 3 heteroatoms. The van der Waals surface area contributed by atoms with Gasteiger partial charge in [0.1, 0.15) is 0 Å². The summed E-state index contributed by atoms with van der Waals surface area (Å²) in [6.45, 7) is 6.49. The van der Waals surface area contributed by atoms with E-state index in [1.807, 2.05) is 30.3 Å². The quantitative estimate of drug-likeness (QED) is 0.882. The molecular weight excluding hydrogens is 236 g/mol. The molecular formula is C16H24N2O. The highest BCUT2D eigenvalue weighted by atomic mass is 16.1. The van der Waals surface area contributed by atoms with Crippen molar-refractivity contribution in [1.82, 2.24) is 10.2 Å². The average Bonchev–Trinajstić information content (AvgIpc) is 2.47. The Kier molecular flexibility index (Phi) is 5.40. The molecule has 1 unspecified atom stereocenters. The van der Waals surface area contributed by atoms with Gasteiger partial charge in [0.25, 0.3) is 5.91 Å². The van der Waals surface area contributed by atoms with E-state index in [4.69, 9.17) is 0 Å². The molecule has 1 amide bonds. The van der Waals surface area contributed by atoms with Crippen LogP contribution in [0.3, 0.4) is 0 Å². The molecule has 0 bridgehead atoms. The zero-order valence-electron chi connectivity index (χ0n) is 11.8. The number of benzene rings is 1. The second kappa shape index (κ2) is 7.29. The van der Waals surface area contributed by atoms with Gasteiger partial charge in [0.05, 0.1) is 0 Å². The maximum Gasteiger partial charge on any atom is 0.251 e. The smallest absolute Gasteiger partial charge is 0.251 e. The minimum Gasteiger partial charge on any atom is -0.352 e. The molecule has 1 aromatic rings. The number of hydrogen-bond acceptors (Lipinski definition) is 2. The fourth-order valence-electron chi connectivity index (χ4n) is 2.61. The van der Waals surface area contributed by atoms with Crippen molar-refractivity contribution in [2.24, 2.45) is 5.92 Å². The van der Waals surface area contributed by atoms with Crippen molar-refractivity contribution < 1.29 is 4.79 Å². The third-order valence-corrected chi connectivity index (χ3v) is 3.67. The second-order valence-electron chi connectivity index (χ2n) is 5.54. The van der Waals surface area contributed by atoms with E-state index < -0.39 is 0 Å². The molecule has 0 aliphatic carbocycles. The van der Waals surface area contributed by atoms with E-state index >= 15 is 0 Å². The Balaban J connectivity index is 1.71. The Morgan fingerprint density at radius 2 is 1.89 bits per heavy atom. The average molecular weight is 260 g/mol. The number of amides is 1. The molecule has 0 aromatic heterocycles. The number of hydrogen-bond donors (Lipinski definition) is 1. The first-order valence-corrected chi connectivity index (χ1v) is 7.31. The zero-order valence-corrected chi connectivity index (χ0v) is 11.8. The minimum atomic E-state index is 0.0334. The summed E-state index contributed by atoms with van der Waals surface area (Å²) in [6.07, 6.45) is 4.02. The highest BCUT2D eigenvalue weighted by molar-refractivity contribution is 5.94. The van der Waals surface area contributed by atoms with Crippen LogP contribution in [-0.4, -0.2) is 37.0 Å². The molecule has 0 spiro atoms. The summed E-state index contributed by atoms with van der Waals surface area (Å²) in [5.41, 5.74) is 0.743. The Morgan fingerprint density at radius 1 is 1.21 bits per heavy atom. The normalized spacial score (nSPS) is 17.9. The van der Waals surface area contributed by atoms with E-state index in [-0.39, 0.29) is 5.91 Å². The van der Waals surface area contributed by atoms with Gasteiger partial charge in [-0.25, -0.2) is 0 Å². The largest absolute Gasteiger partial charge is 0.352 e. The van der Waals surface area contributed by atoms with Crippen LogP contribution in [0, 0.1) is 5.92 Å². The predicted molar refractivity (Wildman–Crippen MR) is 78.2 cm³/mol. The summed E-state index contributed by atoms with van der Waals surface area (Å²) in [7, 11) is 0. The molecule has 1 aliphatic rings. The van der Waals surface area contributed by atoms with E-state index in [1.165, 1.54) is 32.4 Å². The van der Waals surface area contributed by atoms with Gasteiger partial charge in [0.2, 0.25) is 0 Å². The van der Waals surface area contributed by atoms with Crippen molar-refractivity contribution in [3.63, 3.8) is 0 Å². The van der Waals surface area contributed by atoms with Crippen LogP contribution in [0.2, 0.25) is 0 Å².